The summed E-state index contributed by atoms with van der Waals surface area (Å²) >= 11 is 0. The number of aromatic nitrogens is 1. The van der Waals surface area contributed by atoms with E-state index in [9.17, 15) is 0 Å². The molecule has 7 rings (SSSR count). The zero-order valence-electron chi connectivity index (χ0n) is 27.8. The van der Waals surface area contributed by atoms with E-state index in [1.54, 1.807) is 0 Å². The van der Waals surface area contributed by atoms with Gasteiger partial charge in [-0.1, -0.05) is 132 Å². The first-order valence-electron chi connectivity index (χ1n) is 16.8. The maximum atomic E-state index is 2.50. The molecule has 1 nitrogen and oxygen atoms in total. The van der Waals surface area contributed by atoms with E-state index in [4.69, 9.17) is 0 Å². The highest BCUT2D eigenvalue weighted by molar-refractivity contribution is 5.82. The largest absolute Gasteiger partial charge is 0.213 e. The molecule has 0 bridgehead atoms. The molecule has 1 aliphatic rings. The molecule has 1 aromatic heterocycles. The van der Waals surface area contributed by atoms with Gasteiger partial charge in [0.15, 0.2) is 12.7 Å². The van der Waals surface area contributed by atoms with E-state index >= 15 is 0 Å². The van der Waals surface area contributed by atoms with Gasteiger partial charge in [-0.15, -0.1) is 0 Å². The first-order chi connectivity index (χ1) is 22.3. The minimum atomic E-state index is 0.103. The van der Waals surface area contributed by atoms with E-state index in [0.29, 0.717) is 0 Å². The molecule has 0 saturated heterocycles. The molecule has 46 heavy (non-hydrogen) atoms. The maximum Gasteiger partial charge on any atom is 0.213 e. The summed E-state index contributed by atoms with van der Waals surface area (Å²) in [5, 5.41) is 0. The van der Waals surface area contributed by atoms with Crippen LogP contribution in [0.15, 0.2) is 140 Å². The first-order valence-corrected chi connectivity index (χ1v) is 16.8. The Balaban J connectivity index is 1.30. The molecule has 0 aliphatic carbocycles. The second-order valence-corrected chi connectivity index (χ2v) is 14.0. The number of hydrogen-bond acceptors (Lipinski definition) is 0. The summed E-state index contributed by atoms with van der Waals surface area (Å²) in [7, 11) is 0. The van der Waals surface area contributed by atoms with Crippen LogP contribution in [0.3, 0.4) is 0 Å². The molecule has 0 saturated carbocycles. The van der Waals surface area contributed by atoms with Gasteiger partial charge in [0.1, 0.15) is 0 Å². The number of fused-ring (bicyclic) bond motifs is 3. The lowest BCUT2D eigenvalue weighted by Gasteiger charge is -2.35. The fourth-order valence-corrected chi connectivity index (χ4v) is 7.27. The van der Waals surface area contributed by atoms with Crippen LogP contribution in [-0.4, -0.2) is 0 Å². The Hall–Kier alpha value is -4.75. The van der Waals surface area contributed by atoms with Crippen LogP contribution in [0.25, 0.3) is 55.8 Å². The van der Waals surface area contributed by atoms with Crippen LogP contribution in [0.1, 0.15) is 58.6 Å². The number of benzene rings is 5. The third kappa shape index (κ3) is 5.49. The predicted octanol–water partition coefficient (Wildman–Crippen LogP) is 11.7. The molecule has 0 amide bonds. The van der Waals surface area contributed by atoms with Crippen LogP contribution in [0.4, 0.5) is 0 Å². The van der Waals surface area contributed by atoms with Crippen molar-refractivity contribution in [2.45, 2.75) is 64.8 Å². The van der Waals surface area contributed by atoms with Gasteiger partial charge in [0.25, 0.3) is 0 Å². The minimum Gasteiger partial charge on any atom is -0.197 e. The summed E-state index contributed by atoms with van der Waals surface area (Å²) < 4.78 is 2.50. The molecule has 0 fully saturated rings. The highest BCUT2D eigenvalue weighted by Crippen LogP contribution is 2.44. The van der Waals surface area contributed by atoms with E-state index in [1.165, 1.54) is 66.9 Å². The molecule has 5 aromatic carbocycles. The third-order valence-corrected chi connectivity index (χ3v) is 10.3. The lowest BCUT2D eigenvalue weighted by molar-refractivity contribution is -0.697. The van der Waals surface area contributed by atoms with Crippen molar-refractivity contribution in [1.82, 2.24) is 0 Å². The van der Waals surface area contributed by atoms with Crippen molar-refractivity contribution in [3.63, 3.8) is 0 Å². The number of rotatable bonds is 6. The van der Waals surface area contributed by atoms with Crippen molar-refractivity contribution in [3.8, 4) is 55.8 Å². The Bertz CT molecular complexity index is 1930. The van der Waals surface area contributed by atoms with E-state index in [2.05, 4.69) is 179 Å². The number of hydrogen-bond donors (Lipinski definition) is 0. The van der Waals surface area contributed by atoms with Crippen LogP contribution >= 0.6 is 0 Å². The monoisotopic (exact) mass is 598 g/mol. The molecule has 6 aromatic rings. The number of nitrogens with zero attached hydrogens (tertiary/aromatic N) is 1. The summed E-state index contributed by atoms with van der Waals surface area (Å²) in [5.41, 5.74) is 15.7. The van der Waals surface area contributed by atoms with Crippen molar-refractivity contribution >= 4 is 0 Å². The van der Waals surface area contributed by atoms with Gasteiger partial charge in [0.05, 0.1) is 11.0 Å². The molecule has 0 atom stereocenters. The molecule has 2 heterocycles. The second-order valence-electron chi connectivity index (χ2n) is 14.0. The summed E-state index contributed by atoms with van der Waals surface area (Å²) in [6.07, 6.45) is 4.59. The molecular formula is C45H44N+. The molecular weight excluding hydrogens is 555 g/mol. The Kier molecular flexibility index (Phi) is 7.73. The van der Waals surface area contributed by atoms with Gasteiger partial charge in [0.2, 0.25) is 5.69 Å². The standard InChI is InChI=1S/C45H44N/c1-6-45(7-2)31-46-25-24-40(44(3,4)5)30-43(46)41-29-36(22-23-42(41)45)34-18-20-35(21-19-34)39-27-37(32-14-10-8-11-15-32)26-38(28-39)33-16-12-9-13-17-33/h8-30H,6-7,31H2,1-5H3/q+1. The zero-order valence-corrected chi connectivity index (χ0v) is 27.8. The lowest BCUT2D eigenvalue weighted by atomic mass is 9.70. The van der Waals surface area contributed by atoms with Crippen molar-refractivity contribution in [3.05, 3.63) is 151 Å². The quantitative estimate of drug-likeness (QED) is 0.168. The van der Waals surface area contributed by atoms with E-state index in [1.807, 2.05) is 0 Å². The van der Waals surface area contributed by atoms with Crippen LogP contribution in [0.5, 0.6) is 0 Å². The maximum absolute atomic E-state index is 2.50. The van der Waals surface area contributed by atoms with E-state index in [-0.39, 0.29) is 10.8 Å². The zero-order chi connectivity index (χ0) is 31.9. The smallest absolute Gasteiger partial charge is 0.197 e. The van der Waals surface area contributed by atoms with Crippen molar-refractivity contribution in [2.75, 3.05) is 0 Å². The Morgan fingerprint density at radius 3 is 1.50 bits per heavy atom. The van der Waals surface area contributed by atoms with Gasteiger partial charge >= 0.3 is 0 Å². The van der Waals surface area contributed by atoms with Gasteiger partial charge in [0, 0.05) is 12.1 Å². The summed E-state index contributed by atoms with van der Waals surface area (Å²) in [6.45, 7) is 12.7. The average molecular weight is 599 g/mol. The highest BCUT2D eigenvalue weighted by Gasteiger charge is 2.41. The SMILES string of the molecule is CCC1(CC)C[n+]2ccc(C(C)(C)C)cc2-c2cc(-c3ccc(-c4cc(-c5ccccc5)cc(-c5ccccc5)c4)cc3)ccc21. The third-order valence-electron chi connectivity index (χ3n) is 10.3. The molecule has 228 valence electrons. The van der Waals surface area contributed by atoms with Gasteiger partial charge < -0.3 is 0 Å². The van der Waals surface area contributed by atoms with Gasteiger partial charge in [-0.2, -0.15) is 4.57 Å². The summed E-state index contributed by atoms with van der Waals surface area (Å²) in [4.78, 5) is 0. The van der Waals surface area contributed by atoms with Crippen LogP contribution in [0, 0.1) is 0 Å². The average Bonchev–Trinajstić information content (AvgIpc) is 3.11. The molecule has 0 N–H and O–H groups in total. The van der Waals surface area contributed by atoms with Gasteiger partial charge in [-0.05, 0) is 98.2 Å². The van der Waals surface area contributed by atoms with Crippen LogP contribution < -0.4 is 4.57 Å². The summed E-state index contributed by atoms with van der Waals surface area (Å²) in [5.74, 6) is 0. The normalized spacial score (nSPS) is 13.6. The van der Waals surface area contributed by atoms with Crippen LogP contribution in [-0.2, 0) is 17.4 Å². The summed E-state index contributed by atoms with van der Waals surface area (Å²) in [6, 6.07) is 49.5. The fourth-order valence-electron chi connectivity index (χ4n) is 7.27. The molecule has 0 unspecified atom stereocenters. The fraction of sp³-hybridized carbons (Fsp3) is 0.222. The molecule has 0 spiro atoms. The van der Waals surface area contributed by atoms with Crippen molar-refractivity contribution < 1.29 is 4.57 Å². The predicted molar refractivity (Wildman–Crippen MR) is 195 cm³/mol. The molecule has 1 heteroatoms. The highest BCUT2D eigenvalue weighted by atomic mass is 15.0. The molecule has 1 aliphatic heterocycles. The molecule has 0 radical (unpaired) electrons. The van der Waals surface area contributed by atoms with Crippen molar-refractivity contribution in [2.24, 2.45) is 0 Å². The van der Waals surface area contributed by atoms with Gasteiger partial charge in [-0.25, -0.2) is 0 Å². The second kappa shape index (κ2) is 11.9. The lowest BCUT2D eigenvalue weighted by Crippen LogP contribution is -2.50. The Labute approximate surface area is 275 Å². The first kappa shape index (κ1) is 29.9. The van der Waals surface area contributed by atoms with Gasteiger partial charge in [-0.3, -0.25) is 0 Å². The van der Waals surface area contributed by atoms with Crippen molar-refractivity contribution in [1.29, 1.82) is 0 Å². The van der Waals surface area contributed by atoms with E-state index in [0.717, 1.165) is 19.4 Å². The topological polar surface area (TPSA) is 3.88 Å². The van der Waals surface area contributed by atoms with E-state index < -0.39 is 0 Å². The Morgan fingerprint density at radius 2 is 1.00 bits per heavy atom. The number of pyridine rings is 1. The Morgan fingerprint density at radius 1 is 0.522 bits per heavy atom. The minimum absolute atomic E-state index is 0.103. The van der Waals surface area contributed by atoms with Crippen LogP contribution in [0.2, 0.25) is 0 Å².